The molecule has 3 aromatic carbocycles. The quantitative estimate of drug-likeness (QED) is 0.0900. The fourth-order valence-corrected chi connectivity index (χ4v) is 11.0. The van der Waals surface area contributed by atoms with Crippen molar-refractivity contribution >= 4 is 73.1 Å². The molecule has 1 unspecified atom stereocenters. The molecule has 9 rings (SSSR count). The second-order valence-corrected chi connectivity index (χ2v) is 19.7. The third-order valence-electron chi connectivity index (χ3n) is 13.7. The number of methoxy groups -OCH3 is 1. The van der Waals surface area contributed by atoms with E-state index in [0.717, 1.165) is 98.4 Å². The van der Waals surface area contributed by atoms with Crippen molar-refractivity contribution in [1.29, 1.82) is 0 Å². The van der Waals surface area contributed by atoms with Gasteiger partial charge in [-0.2, -0.15) is 9.97 Å². The van der Waals surface area contributed by atoms with Crippen LogP contribution in [-0.4, -0.2) is 106 Å². The van der Waals surface area contributed by atoms with Gasteiger partial charge in [0.1, 0.15) is 23.0 Å². The van der Waals surface area contributed by atoms with Gasteiger partial charge in [-0.25, -0.2) is 12.8 Å². The van der Waals surface area contributed by atoms with E-state index in [4.69, 9.17) is 14.7 Å². The van der Waals surface area contributed by atoms with Crippen LogP contribution in [0.2, 0.25) is 0 Å². The number of nitrogens with one attached hydrogen (secondary N) is 4. The molecule has 1 atom stereocenters. The molecular formula is C47H57FN10O5S. The minimum atomic E-state index is -3.46. The third kappa shape index (κ3) is 8.92. The Balaban J connectivity index is 0.787. The summed E-state index contributed by atoms with van der Waals surface area (Å²) in [5, 5.41) is 9.93. The number of hydrogen-bond donors (Lipinski definition) is 4. The number of rotatable bonds is 13. The standard InChI is InChI=1S/C47H57FN10O5S/c1-29-26-39(51-47-53-44-36(12-19-49-44)45(54-47)50-38-7-5-6-31-16-25-58(43(31)38)64(4,61)62)41(63-3)28-40(29)57-23-17-32(18-24-57)55(2)20-13-30-14-21-56(22-15-30)33-8-9-34(37(48)27-33)35-10-11-42(59)52-46(35)60/h5-9,12,19,26-28,30,32,35H,10-11,13-18,20-25H2,1-4H3,(H,52,59,60)(H3,49,50,51,53,54). The smallest absolute Gasteiger partial charge is 0.234 e. The van der Waals surface area contributed by atoms with Crippen LogP contribution in [0.4, 0.5) is 44.6 Å². The number of ether oxygens (including phenoxy) is 1. The summed E-state index contributed by atoms with van der Waals surface area (Å²) in [7, 11) is 0.456. The van der Waals surface area contributed by atoms with E-state index in [9.17, 15) is 18.0 Å². The highest BCUT2D eigenvalue weighted by atomic mass is 32.2. The lowest BCUT2D eigenvalue weighted by atomic mass is 9.89. The molecule has 0 bridgehead atoms. The van der Waals surface area contributed by atoms with Gasteiger partial charge in [0.05, 0.1) is 41.7 Å². The number of nitrogens with zero attached hydrogens (tertiary/aromatic N) is 6. The third-order valence-corrected chi connectivity index (χ3v) is 14.8. The molecule has 0 aliphatic carbocycles. The summed E-state index contributed by atoms with van der Waals surface area (Å²) in [5.41, 5.74) is 7.08. The summed E-state index contributed by atoms with van der Waals surface area (Å²) in [6.45, 7) is 7.17. The van der Waals surface area contributed by atoms with Crippen molar-refractivity contribution < 1.29 is 27.1 Å². The van der Waals surface area contributed by atoms with E-state index in [1.54, 1.807) is 25.4 Å². The van der Waals surface area contributed by atoms with Crippen molar-refractivity contribution in [1.82, 2.24) is 25.2 Å². The molecule has 3 saturated heterocycles. The van der Waals surface area contributed by atoms with E-state index < -0.39 is 21.8 Å². The summed E-state index contributed by atoms with van der Waals surface area (Å²) in [6.07, 6.45) is 9.61. The second kappa shape index (κ2) is 17.9. The molecule has 15 nitrogen and oxygen atoms in total. The van der Waals surface area contributed by atoms with E-state index in [-0.39, 0.29) is 18.1 Å². The van der Waals surface area contributed by atoms with E-state index in [0.29, 0.717) is 71.4 Å². The highest BCUT2D eigenvalue weighted by molar-refractivity contribution is 7.92. The van der Waals surface area contributed by atoms with Crippen molar-refractivity contribution in [3.8, 4) is 5.75 Å². The number of piperidine rings is 3. The average Bonchev–Trinajstić information content (AvgIpc) is 3.95. The van der Waals surface area contributed by atoms with Gasteiger partial charge in [-0.1, -0.05) is 18.2 Å². The van der Waals surface area contributed by atoms with E-state index >= 15 is 4.39 Å². The second-order valence-electron chi connectivity index (χ2n) is 17.8. The van der Waals surface area contributed by atoms with Crippen molar-refractivity contribution in [2.75, 3.05) is 84.4 Å². The number of aryl methyl sites for hydroxylation is 1. The average molecular weight is 893 g/mol. The molecule has 338 valence electrons. The topological polar surface area (TPSA) is 168 Å². The van der Waals surface area contributed by atoms with Crippen LogP contribution in [0.5, 0.6) is 5.75 Å². The number of hydrogen-bond acceptors (Lipinski definition) is 12. The Hall–Kier alpha value is -5.94. The zero-order valence-corrected chi connectivity index (χ0v) is 37.7. The Kier molecular flexibility index (Phi) is 12.1. The van der Waals surface area contributed by atoms with Gasteiger partial charge in [0.2, 0.25) is 27.8 Å². The molecule has 0 spiro atoms. The van der Waals surface area contributed by atoms with Crippen LogP contribution in [0.3, 0.4) is 0 Å². The maximum Gasteiger partial charge on any atom is 0.234 e. The molecule has 4 aliphatic heterocycles. The zero-order valence-electron chi connectivity index (χ0n) is 36.9. The van der Waals surface area contributed by atoms with E-state index in [1.165, 1.54) is 10.6 Å². The molecular weight excluding hydrogens is 836 g/mol. The largest absolute Gasteiger partial charge is 0.494 e. The molecule has 2 aromatic heterocycles. The molecule has 4 N–H and O–H groups in total. The SMILES string of the molecule is COc1cc(N2CCC(N(C)CCC3CCN(c4ccc(C5CCC(=O)NC5=O)c(F)c4)CC3)CC2)c(C)cc1Nc1nc(Nc2cccc3c2N(S(C)(=O)=O)CC3)c2cc[nH]c2n1. The predicted molar refractivity (Wildman–Crippen MR) is 249 cm³/mol. The maximum atomic E-state index is 15.2. The Morgan fingerprint density at radius 3 is 2.42 bits per heavy atom. The van der Waals surface area contributed by atoms with Crippen LogP contribution in [0.1, 0.15) is 67.6 Å². The Morgan fingerprint density at radius 2 is 1.69 bits per heavy atom. The predicted octanol–water partition coefficient (Wildman–Crippen LogP) is 6.95. The Labute approximate surface area is 373 Å². The molecule has 3 fully saturated rings. The first-order valence-corrected chi connectivity index (χ1v) is 24.2. The van der Waals surface area contributed by atoms with Crippen molar-refractivity contribution in [3.05, 3.63) is 83.3 Å². The minimum absolute atomic E-state index is 0.228. The molecule has 5 aromatic rings. The lowest BCUT2D eigenvalue weighted by Gasteiger charge is -2.39. The summed E-state index contributed by atoms with van der Waals surface area (Å²) in [4.78, 5) is 43.9. The van der Waals surface area contributed by atoms with Crippen molar-refractivity contribution in [2.45, 2.75) is 70.3 Å². The molecule has 6 heterocycles. The van der Waals surface area contributed by atoms with Crippen LogP contribution >= 0.6 is 0 Å². The number of carbonyl (C=O) groups excluding carboxylic acids is 2. The molecule has 64 heavy (non-hydrogen) atoms. The molecule has 4 aliphatic rings. The number of halogens is 1. The van der Waals surface area contributed by atoms with Gasteiger partial charge in [-0.3, -0.25) is 19.2 Å². The highest BCUT2D eigenvalue weighted by Crippen LogP contribution is 2.41. The first-order valence-electron chi connectivity index (χ1n) is 22.3. The molecule has 2 amide bonds. The van der Waals surface area contributed by atoms with Gasteiger partial charge < -0.3 is 35.1 Å². The number of sulfonamides is 1. The molecule has 0 saturated carbocycles. The molecule has 17 heteroatoms. The van der Waals surface area contributed by atoms with Gasteiger partial charge >= 0.3 is 0 Å². The number of carbonyl (C=O) groups is 2. The summed E-state index contributed by atoms with van der Waals surface area (Å²) >= 11 is 0. The zero-order chi connectivity index (χ0) is 44.7. The summed E-state index contributed by atoms with van der Waals surface area (Å²) in [6, 6.07) is 17.5. The fourth-order valence-electron chi connectivity index (χ4n) is 10.1. The highest BCUT2D eigenvalue weighted by Gasteiger charge is 2.32. The van der Waals surface area contributed by atoms with Crippen LogP contribution < -0.4 is 34.8 Å². The number of aromatic nitrogens is 3. The number of fused-ring (bicyclic) bond motifs is 2. The minimum Gasteiger partial charge on any atom is -0.494 e. The normalized spacial score (nSPS) is 18.8. The van der Waals surface area contributed by atoms with Gasteiger partial charge in [-0.15, -0.1) is 0 Å². The van der Waals surface area contributed by atoms with Gasteiger partial charge in [0.25, 0.3) is 0 Å². The van der Waals surface area contributed by atoms with Gasteiger partial charge in [0.15, 0.2) is 0 Å². The number of imide groups is 1. The van der Waals surface area contributed by atoms with Gasteiger partial charge in [0, 0.05) is 74.4 Å². The van der Waals surface area contributed by atoms with E-state index in [2.05, 4.69) is 61.7 Å². The summed E-state index contributed by atoms with van der Waals surface area (Å²) < 4.78 is 47.9. The number of H-pyrrole nitrogens is 1. The number of amides is 2. The lowest BCUT2D eigenvalue weighted by molar-refractivity contribution is -0.134. The Bertz CT molecular complexity index is 2680. The van der Waals surface area contributed by atoms with Crippen LogP contribution in [0.25, 0.3) is 11.0 Å². The summed E-state index contributed by atoms with van der Waals surface area (Å²) in [5.74, 6) is 0.466. The Morgan fingerprint density at radius 1 is 0.906 bits per heavy atom. The van der Waals surface area contributed by atoms with Crippen LogP contribution in [-0.2, 0) is 26.0 Å². The lowest BCUT2D eigenvalue weighted by Crippen LogP contribution is -2.44. The number of aromatic amines is 1. The first kappa shape index (κ1) is 43.3. The monoisotopic (exact) mass is 892 g/mol. The maximum absolute atomic E-state index is 15.2. The van der Waals surface area contributed by atoms with Crippen LogP contribution in [0.15, 0.2) is 60.8 Å². The molecule has 0 radical (unpaired) electrons. The van der Waals surface area contributed by atoms with Gasteiger partial charge in [-0.05, 0) is 113 Å². The fraction of sp³-hybridized carbons (Fsp3) is 0.447. The van der Waals surface area contributed by atoms with E-state index in [1.807, 2.05) is 30.3 Å². The van der Waals surface area contributed by atoms with Crippen molar-refractivity contribution in [3.63, 3.8) is 0 Å². The van der Waals surface area contributed by atoms with Crippen LogP contribution in [0, 0.1) is 18.7 Å². The number of anilines is 7. The first-order chi connectivity index (χ1) is 30.8. The number of para-hydroxylation sites is 1. The number of benzene rings is 3. The van der Waals surface area contributed by atoms with Crippen molar-refractivity contribution in [2.24, 2.45) is 5.92 Å².